The first kappa shape index (κ1) is 22.7. The molecule has 1 atom stereocenters. The second-order valence-corrected chi connectivity index (χ2v) is 10.4. The number of rotatable bonds is 6. The van der Waals surface area contributed by atoms with Crippen LogP contribution in [0.2, 0.25) is 0 Å². The van der Waals surface area contributed by atoms with Crippen molar-refractivity contribution in [1.82, 2.24) is 18.7 Å². The zero-order chi connectivity index (χ0) is 23.7. The van der Waals surface area contributed by atoms with E-state index < -0.39 is 0 Å². The van der Waals surface area contributed by atoms with Crippen molar-refractivity contribution in [3.63, 3.8) is 0 Å². The number of hydrogen-bond acceptors (Lipinski definition) is 7. The maximum absolute atomic E-state index is 13.8. The molecule has 10 heteroatoms. The lowest BCUT2D eigenvalue weighted by molar-refractivity contribution is 0.496. The quantitative estimate of drug-likeness (QED) is 0.416. The smallest absolute Gasteiger partial charge is 0.333 e. The Balaban J connectivity index is 1.77. The summed E-state index contributed by atoms with van der Waals surface area (Å²) in [5.41, 5.74) is 6.37. The van der Waals surface area contributed by atoms with E-state index in [0.717, 1.165) is 29.1 Å². The SMILES string of the molecule is CC#CCn1c(N2CCC[C@@H](N)C2)nc2c1c(=O)n(Cc1cccs1)c(=O)n2Cc1cccs1. The van der Waals surface area contributed by atoms with Gasteiger partial charge in [-0.3, -0.25) is 18.5 Å². The number of nitrogens with two attached hydrogens (primary N) is 1. The molecule has 5 heterocycles. The number of thiophene rings is 2. The maximum atomic E-state index is 13.8. The summed E-state index contributed by atoms with van der Waals surface area (Å²) < 4.78 is 4.81. The van der Waals surface area contributed by atoms with E-state index in [1.165, 1.54) is 15.9 Å². The highest BCUT2D eigenvalue weighted by Crippen LogP contribution is 2.24. The monoisotopic (exact) mass is 494 g/mol. The summed E-state index contributed by atoms with van der Waals surface area (Å²) in [4.78, 5) is 36.4. The molecule has 2 N–H and O–H groups in total. The van der Waals surface area contributed by atoms with Gasteiger partial charge in [-0.15, -0.1) is 28.6 Å². The van der Waals surface area contributed by atoms with E-state index in [1.54, 1.807) is 22.8 Å². The molecule has 176 valence electrons. The summed E-state index contributed by atoms with van der Waals surface area (Å²) in [7, 11) is 0. The highest BCUT2D eigenvalue weighted by atomic mass is 32.1. The van der Waals surface area contributed by atoms with Crippen LogP contribution in [0, 0.1) is 11.8 Å². The van der Waals surface area contributed by atoms with E-state index in [2.05, 4.69) is 16.7 Å². The van der Waals surface area contributed by atoms with Crippen molar-refractivity contribution >= 4 is 39.8 Å². The van der Waals surface area contributed by atoms with Gasteiger partial charge in [0.25, 0.3) is 5.56 Å². The van der Waals surface area contributed by atoms with Gasteiger partial charge in [0.1, 0.15) is 0 Å². The molecule has 5 rings (SSSR count). The van der Waals surface area contributed by atoms with Gasteiger partial charge in [-0.2, -0.15) is 4.98 Å². The van der Waals surface area contributed by atoms with Crippen molar-refractivity contribution in [2.45, 2.75) is 45.4 Å². The lowest BCUT2D eigenvalue weighted by Gasteiger charge is -2.31. The Bertz CT molecular complexity index is 1470. The van der Waals surface area contributed by atoms with Crippen molar-refractivity contribution in [3.8, 4) is 11.8 Å². The molecule has 0 spiro atoms. The molecular weight excluding hydrogens is 468 g/mol. The fourth-order valence-electron chi connectivity index (χ4n) is 4.42. The topological polar surface area (TPSA) is 91.1 Å². The Morgan fingerprint density at radius 1 is 1.09 bits per heavy atom. The Hall–Kier alpha value is -3.13. The van der Waals surface area contributed by atoms with Crippen LogP contribution >= 0.6 is 22.7 Å². The summed E-state index contributed by atoms with van der Waals surface area (Å²) in [5, 5.41) is 3.93. The molecule has 4 aromatic rings. The fourth-order valence-corrected chi connectivity index (χ4v) is 5.80. The first-order chi connectivity index (χ1) is 16.6. The number of piperidine rings is 1. The number of aromatic nitrogens is 4. The van der Waals surface area contributed by atoms with Gasteiger partial charge in [-0.1, -0.05) is 18.1 Å². The van der Waals surface area contributed by atoms with Crippen LogP contribution in [-0.2, 0) is 19.6 Å². The minimum absolute atomic E-state index is 0.0445. The molecule has 8 nitrogen and oxygen atoms in total. The zero-order valence-corrected chi connectivity index (χ0v) is 20.6. The number of imidazole rings is 1. The minimum atomic E-state index is -0.354. The molecule has 0 radical (unpaired) electrons. The van der Waals surface area contributed by atoms with Gasteiger partial charge in [-0.25, -0.2) is 4.79 Å². The highest BCUT2D eigenvalue weighted by molar-refractivity contribution is 7.10. The van der Waals surface area contributed by atoms with E-state index in [4.69, 9.17) is 10.7 Å². The van der Waals surface area contributed by atoms with E-state index in [-0.39, 0.29) is 23.8 Å². The van der Waals surface area contributed by atoms with Gasteiger partial charge in [0.05, 0.1) is 19.6 Å². The predicted octanol–water partition coefficient (Wildman–Crippen LogP) is 2.53. The van der Waals surface area contributed by atoms with Crippen LogP contribution in [0.1, 0.15) is 29.5 Å². The number of hydrogen-bond donors (Lipinski definition) is 1. The molecule has 0 aromatic carbocycles. The Morgan fingerprint density at radius 3 is 2.41 bits per heavy atom. The molecule has 1 aliphatic rings. The van der Waals surface area contributed by atoms with Gasteiger partial charge >= 0.3 is 5.69 Å². The Kier molecular flexibility index (Phi) is 6.41. The number of nitrogens with zero attached hydrogens (tertiary/aromatic N) is 5. The third-order valence-electron chi connectivity index (χ3n) is 6.04. The third-order valence-corrected chi connectivity index (χ3v) is 7.76. The zero-order valence-electron chi connectivity index (χ0n) is 18.9. The van der Waals surface area contributed by atoms with Crippen LogP contribution in [0.25, 0.3) is 11.2 Å². The second-order valence-electron chi connectivity index (χ2n) is 8.36. The van der Waals surface area contributed by atoms with Gasteiger partial charge in [-0.05, 0) is 42.7 Å². The predicted molar refractivity (Wildman–Crippen MR) is 138 cm³/mol. The largest absolute Gasteiger partial charge is 0.341 e. The van der Waals surface area contributed by atoms with Gasteiger partial charge < -0.3 is 10.6 Å². The first-order valence-electron chi connectivity index (χ1n) is 11.3. The summed E-state index contributed by atoms with van der Waals surface area (Å²) in [6, 6.07) is 7.85. The maximum Gasteiger partial charge on any atom is 0.333 e. The molecule has 4 aromatic heterocycles. The van der Waals surface area contributed by atoms with Crippen LogP contribution in [0.4, 0.5) is 5.95 Å². The molecule has 34 heavy (non-hydrogen) atoms. The molecule has 0 aliphatic carbocycles. The van der Waals surface area contributed by atoms with E-state index in [9.17, 15) is 9.59 Å². The Morgan fingerprint density at radius 2 is 1.79 bits per heavy atom. The number of fused-ring (bicyclic) bond motifs is 1. The molecule has 1 saturated heterocycles. The lowest BCUT2D eigenvalue weighted by atomic mass is 10.1. The lowest BCUT2D eigenvalue weighted by Crippen LogP contribution is -2.44. The summed E-state index contributed by atoms with van der Waals surface area (Å²) in [6.45, 7) is 4.13. The molecule has 0 unspecified atom stereocenters. The fraction of sp³-hybridized carbons (Fsp3) is 0.375. The van der Waals surface area contributed by atoms with Crippen LogP contribution < -0.4 is 21.9 Å². The summed E-state index contributed by atoms with van der Waals surface area (Å²) in [6.07, 6.45) is 1.91. The average Bonchev–Trinajstić information content (AvgIpc) is 3.59. The molecule has 0 amide bonds. The van der Waals surface area contributed by atoms with E-state index >= 15 is 0 Å². The number of anilines is 1. The van der Waals surface area contributed by atoms with Crippen LogP contribution in [-0.4, -0.2) is 37.8 Å². The Labute approximate surface area is 204 Å². The van der Waals surface area contributed by atoms with Crippen molar-refractivity contribution in [2.75, 3.05) is 18.0 Å². The molecule has 0 bridgehead atoms. The standard InChI is InChI=1S/C24H26N6O2S2/c1-2-3-11-28-20-21(26-23(28)27-10-4-7-17(25)14-27)29(15-18-8-5-12-33-18)24(32)30(22(20)31)16-19-9-6-13-34-19/h5-6,8-9,12-13,17H,4,7,10-11,14-16,25H2,1H3/t17-/m1/s1. The van der Waals surface area contributed by atoms with Crippen LogP contribution in [0.15, 0.2) is 44.6 Å². The molecule has 1 aliphatic heterocycles. The van der Waals surface area contributed by atoms with Crippen molar-refractivity contribution in [2.24, 2.45) is 5.73 Å². The van der Waals surface area contributed by atoms with Gasteiger partial charge in [0.2, 0.25) is 5.95 Å². The van der Waals surface area contributed by atoms with Crippen LogP contribution in [0.5, 0.6) is 0 Å². The van der Waals surface area contributed by atoms with Gasteiger partial charge in [0.15, 0.2) is 11.2 Å². The minimum Gasteiger partial charge on any atom is -0.341 e. The second kappa shape index (κ2) is 9.62. The third kappa shape index (κ3) is 4.22. The van der Waals surface area contributed by atoms with E-state index in [0.29, 0.717) is 36.7 Å². The van der Waals surface area contributed by atoms with E-state index in [1.807, 2.05) is 39.6 Å². The average molecular weight is 495 g/mol. The first-order valence-corrected chi connectivity index (χ1v) is 13.0. The van der Waals surface area contributed by atoms with Crippen molar-refractivity contribution in [3.05, 3.63) is 65.6 Å². The normalized spacial score (nSPS) is 16.1. The van der Waals surface area contributed by atoms with Crippen molar-refractivity contribution in [1.29, 1.82) is 0 Å². The molecular formula is C24H26N6O2S2. The molecule has 0 saturated carbocycles. The van der Waals surface area contributed by atoms with Gasteiger partial charge in [0, 0.05) is 28.9 Å². The summed E-state index contributed by atoms with van der Waals surface area (Å²) >= 11 is 3.10. The summed E-state index contributed by atoms with van der Waals surface area (Å²) in [5.74, 6) is 6.67. The van der Waals surface area contributed by atoms with Crippen molar-refractivity contribution < 1.29 is 0 Å². The molecule has 1 fully saturated rings. The highest BCUT2D eigenvalue weighted by Gasteiger charge is 2.27. The van der Waals surface area contributed by atoms with Crippen LogP contribution in [0.3, 0.4) is 0 Å².